The zero-order chi connectivity index (χ0) is 19.0. The van der Waals surface area contributed by atoms with Gasteiger partial charge in [-0.05, 0) is 49.4 Å². The number of carbonyl (C=O) groups excluding carboxylic acids is 2. The van der Waals surface area contributed by atoms with Crippen molar-refractivity contribution in [3.8, 4) is 10.4 Å². The van der Waals surface area contributed by atoms with Crippen molar-refractivity contribution in [1.82, 2.24) is 4.90 Å². The van der Waals surface area contributed by atoms with Crippen molar-refractivity contribution in [2.75, 3.05) is 19.7 Å². The highest BCUT2D eigenvalue weighted by Gasteiger charge is 2.27. The van der Waals surface area contributed by atoms with Gasteiger partial charge in [-0.25, -0.2) is 4.79 Å². The van der Waals surface area contributed by atoms with E-state index in [1.807, 2.05) is 32.0 Å². The van der Waals surface area contributed by atoms with Gasteiger partial charge in [0.1, 0.15) is 4.88 Å². The lowest BCUT2D eigenvalue weighted by molar-refractivity contribution is -0.146. The Kier molecular flexibility index (Phi) is 5.02. The maximum atomic E-state index is 12.5. The summed E-state index contributed by atoms with van der Waals surface area (Å²) in [6, 6.07) is 10.2. The molecule has 2 aromatic rings. The SMILES string of the molecule is C[C@@H]1CN(C(=O)COC(=O)c2cc3c(s2)-c2ccccc2CC3)C[C@@H](C)O1. The third kappa shape index (κ3) is 3.77. The Morgan fingerprint density at radius 3 is 2.63 bits per heavy atom. The predicted molar refractivity (Wildman–Crippen MR) is 104 cm³/mol. The third-order valence-corrected chi connectivity index (χ3v) is 6.23. The standard InChI is InChI=1S/C21H23NO4S/c1-13-10-22(11-14(2)26-13)19(23)12-25-21(24)18-9-16-8-7-15-5-3-4-6-17(15)20(16)27-18/h3-6,9,13-14H,7-8,10-12H2,1-2H3/t13-,14-/m1/s1. The first kappa shape index (κ1) is 18.2. The van der Waals surface area contributed by atoms with Crippen molar-refractivity contribution in [3.63, 3.8) is 0 Å². The van der Waals surface area contributed by atoms with E-state index < -0.39 is 5.97 Å². The fourth-order valence-corrected chi connectivity index (χ4v) is 5.01. The minimum Gasteiger partial charge on any atom is -0.451 e. The van der Waals surface area contributed by atoms with Crippen LogP contribution in [0.3, 0.4) is 0 Å². The molecule has 0 unspecified atom stereocenters. The molecule has 1 aromatic carbocycles. The highest BCUT2D eigenvalue weighted by Crippen LogP contribution is 2.39. The van der Waals surface area contributed by atoms with Gasteiger partial charge in [0.2, 0.25) is 0 Å². The lowest BCUT2D eigenvalue weighted by atomic mass is 9.91. The first-order chi connectivity index (χ1) is 13.0. The molecule has 142 valence electrons. The lowest BCUT2D eigenvalue weighted by Gasteiger charge is -2.35. The molecule has 2 heterocycles. The van der Waals surface area contributed by atoms with Gasteiger partial charge in [0.15, 0.2) is 6.61 Å². The predicted octanol–water partition coefficient (Wildman–Crippen LogP) is 3.31. The molecule has 2 aliphatic rings. The zero-order valence-corrected chi connectivity index (χ0v) is 16.4. The first-order valence-corrected chi connectivity index (χ1v) is 10.1. The molecule has 2 atom stereocenters. The van der Waals surface area contributed by atoms with Crippen LogP contribution in [0.2, 0.25) is 0 Å². The van der Waals surface area contributed by atoms with E-state index >= 15 is 0 Å². The number of nitrogens with zero attached hydrogens (tertiary/aromatic N) is 1. The van der Waals surface area contributed by atoms with Gasteiger partial charge in [0.25, 0.3) is 5.91 Å². The third-order valence-electron chi connectivity index (χ3n) is 5.03. The Morgan fingerprint density at radius 2 is 1.85 bits per heavy atom. The van der Waals surface area contributed by atoms with E-state index in [1.165, 1.54) is 28.0 Å². The zero-order valence-electron chi connectivity index (χ0n) is 15.6. The summed E-state index contributed by atoms with van der Waals surface area (Å²) in [5.74, 6) is -0.591. The Labute approximate surface area is 162 Å². The van der Waals surface area contributed by atoms with Crippen molar-refractivity contribution in [3.05, 3.63) is 46.3 Å². The largest absolute Gasteiger partial charge is 0.451 e. The average molecular weight is 385 g/mol. The molecule has 27 heavy (non-hydrogen) atoms. The monoisotopic (exact) mass is 385 g/mol. The van der Waals surface area contributed by atoms with Crippen molar-refractivity contribution < 1.29 is 19.1 Å². The van der Waals surface area contributed by atoms with Crippen molar-refractivity contribution >= 4 is 23.2 Å². The Bertz CT molecular complexity index is 865. The smallest absolute Gasteiger partial charge is 0.348 e. The number of aryl methyl sites for hydroxylation is 2. The molecular formula is C21H23NO4S. The molecule has 1 fully saturated rings. The van der Waals surface area contributed by atoms with Crippen LogP contribution in [0.4, 0.5) is 0 Å². The van der Waals surface area contributed by atoms with Crippen LogP contribution in [0.1, 0.15) is 34.6 Å². The number of ether oxygens (including phenoxy) is 2. The van der Waals surface area contributed by atoms with Gasteiger partial charge in [-0.1, -0.05) is 24.3 Å². The summed E-state index contributed by atoms with van der Waals surface area (Å²) in [4.78, 5) is 28.3. The minimum absolute atomic E-state index is 0.00232. The van der Waals surface area contributed by atoms with Crippen molar-refractivity contribution in [2.45, 2.75) is 38.9 Å². The molecule has 4 rings (SSSR count). The van der Waals surface area contributed by atoms with E-state index in [-0.39, 0.29) is 24.7 Å². The number of rotatable bonds is 3. The fraction of sp³-hybridized carbons (Fsp3) is 0.429. The van der Waals surface area contributed by atoms with Crippen LogP contribution < -0.4 is 0 Å². The Hall–Kier alpha value is -2.18. The number of carbonyl (C=O) groups is 2. The number of amides is 1. The summed E-state index contributed by atoms with van der Waals surface area (Å²) in [6.07, 6.45) is 1.91. The molecule has 0 spiro atoms. The van der Waals surface area contributed by atoms with E-state index in [0.717, 1.165) is 17.7 Å². The second-order valence-electron chi connectivity index (χ2n) is 7.25. The number of benzene rings is 1. The van der Waals surface area contributed by atoms with E-state index in [1.54, 1.807) is 4.90 Å². The van der Waals surface area contributed by atoms with Gasteiger partial charge < -0.3 is 14.4 Å². The highest BCUT2D eigenvalue weighted by molar-refractivity contribution is 7.17. The number of esters is 1. The number of fused-ring (bicyclic) bond motifs is 3. The van der Waals surface area contributed by atoms with Crippen LogP contribution in [-0.2, 0) is 27.1 Å². The Balaban J connectivity index is 1.41. The molecule has 1 aliphatic heterocycles. The van der Waals surface area contributed by atoms with E-state index in [2.05, 4.69) is 12.1 Å². The molecule has 5 nitrogen and oxygen atoms in total. The summed E-state index contributed by atoms with van der Waals surface area (Å²) < 4.78 is 11.0. The topological polar surface area (TPSA) is 55.8 Å². The Morgan fingerprint density at radius 1 is 1.15 bits per heavy atom. The van der Waals surface area contributed by atoms with Crippen LogP contribution in [0.15, 0.2) is 30.3 Å². The molecular weight excluding hydrogens is 362 g/mol. The van der Waals surface area contributed by atoms with Gasteiger partial charge in [0.05, 0.1) is 12.2 Å². The summed E-state index contributed by atoms with van der Waals surface area (Å²) in [7, 11) is 0. The maximum absolute atomic E-state index is 12.5. The van der Waals surface area contributed by atoms with E-state index in [0.29, 0.717) is 18.0 Å². The second-order valence-corrected chi connectivity index (χ2v) is 8.31. The van der Waals surface area contributed by atoms with Gasteiger partial charge in [0, 0.05) is 18.0 Å². The average Bonchev–Trinajstić information content (AvgIpc) is 3.10. The highest BCUT2D eigenvalue weighted by atomic mass is 32.1. The second kappa shape index (κ2) is 7.44. The quantitative estimate of drug-likeness (QED) is 0.761. The van der Waals surface area contributed by atoms with Gasteiger partial charge in [-0.15, -0.1) is 11.3 Å². The van der Waals surface area contributed by atoms with E-state index in [4.69, 9.17) is 9.47 Å². The minimum atomic E-state index is -0.422. The normalized spacial score (nSPS) is 21.3. The van der Waals surface area contributed by atoms with Crippen LogP contribution >= 0.6 is 11.3 Å². The van der Waals surface area contributed by atoms with Crippen molar-refractivity contribution in [2.24, 2.45) is 0 Å². The number of morpholine rings is 1. The van der Waals surface area contributed by atoms with Crippen LogP contribution in [0, 0.1) is 0 Å². The maximum Gasteiger partial charge on any atom is 0.348 e. The fourth-order valence-electron chi connectivity index (χ4n) is 3.84. The summed E-state index contributed by atoms with van der Waals surface area (Å²) >= 11 is 1.45. The molecule has 0 saturated carbocycles. The number of hydrogen-bond acceptors (Lipinski definition) is 5. The van der Waals surface area contributed by atoms with Gasteiger partial charge in [-0.2, -0.15) is 0 Å². The molecule has 0 radical (unpaired) electrons. The van der Waals surface area contributed by atoms with Crippen LogP contribution in [0.25, 0.3) is 10.4 Å². The molecule has 1 saturated heterocycles. The summed E-state index contributed by atoms with van der Waals surface area (Å²) in [6.45, 7) is 4.72. The molecule has 1 aliphatic carbocycles. The molecule has 1 amide bonds. The first-order valence-electron chi connectivity index (χ1n) is 9.32. The van der Waals surface area contributed by atoms with Gasteiger partial charge >= 0.3 is 5.97 Å². The van der Waals surface area contributed by atoms with Crippen LogP contribution in [0.5, 0.6) is 0 Å². The number of hydrogen-bond donors (Lipinski definition) is 0. The molecule has 0 bridgehead atoms. The van der Waals surface area contributed by atoms with Crippen molar-refractivity contribution in [1.29, 1.82) is 0 Å². The van der Waals surface area contributed by atoms with E-state index in [9.17, 15) is 9.59 Å². The molecule has 1 aromatic heterocycles. The number of thiophene rings is 1. The van der Waals surface area contributed by atoms with Gasteiger partial charge in [-0.3, -0.25) is 4.79 Å². The lowest BCUT2D eigenvalue weighted by Crippen LogP contribution is -2.49. The summed E-state index contributed by atoms with van der Waals surface area (Å²) in [5.41, 5.74) is 3.71. The summed E-state index contributed by atoms with van der Waals surface area (Å²) in [5, 5.41) is 0. The molecule has 0 N–H and O–H groups in total. The molecule has 6 heteroatoms. The van der Waals surface area contributed by atoms with Crippen LogP contribution in [-0.4, -0.2) is 48.7 Å².